The number of aromatic nitrogens is 1. The van der Waals surface area contributed by atoms with E-state index in [4.69, 9.17) is 14.7 Å². The summed E-state index contributed by atoms with van der Waals surface area (Å²) in [5.74, 6) is 0.553. The third-order valence-electron chi connectivity index (χ3n) is 2.96. The Morgan fingerprint density at radius 3 is 2.73 bits per heavy atom. The lowest BCUT2D eigenvalue weighted by molar-refractivity contribution is -0.385. The Kier molecular flexibility index (Phi) is 4.53. The molecule has 0 aliphatic carbocycles. The molecular formula is C15H13N3O4. The molecule has 0 N–H and O–H groups in total. The van der Waals surface area contributed by atoms with Crippen LogP contribution in [0, 0.1) is 21.4 Å². The molecule has 0 aliphatic rings. The standard InChI is InChI=1S/C15H13N3O4/c1-3-22-15-9-17-12(6-11(15)8-16)10-4-5-14(21-2)13(7-10)18(19)20/h4-7,9H,3H2,1-2H3. The molecule has 0 bridgehead atoms. The van der Waals surface area contributed by atoms with Gasteiger partial charge >= 0.3 is 5.69 Å². The van der Waals surface area contributed by atoms with Crippen LogP contribution in [-0.4, -0.2) is 23.6 Å². The minimum atomic E-state index is -0.526. The maximum Gasteiger partial charge on any atom is 0.311 e. The molecule has 0 radical (unpaired) electrons. The lowest BCUT2D eigenvalue weighted by Crippen LogP contribution is -1.97. The summed E-state index contributed by atoms with van der Waals surface area (Å²) in [6.07, 6.45) is 1.44. The molecule has 7 heteroatoms. The Balaban J connectivity index is 2.50. The number of methoxy groups -OCH3 is 1. The topological polar surface area (TPSA) is 98.3 Å². The Morgan fingerprint density at radius 2 is 2.14 bits per heavy atom. The minimum absolute atomic E-state index is 0.158. The third kappa shape index (κ3) is 2.96. The summed E-state index contributed by atoms with van der Waals surface area (Å²) in [5.41, 5.74) is 1.14. The minimum Gasteiger partial charge on any atom is -0.491 e. The fraction of sp³-hybridized carbons (Fsp3) is 0.200. The second-order valence-electron chi connectivity index (χ2n) is 4.25. The molecule has 0 aliphatic heterocycles. The van der Waals surface area contributed by atoms with Gasteiger partial charge in [0.2, 0.25) is 0 Å². The molecule has 0 unspecified atom stereocenters. The van der Waals surface area contributed by atoms with Gasteiger partial charge in [-0.15, -0.1) is 0 Å². The van der Waals surface area contributed by atoms with Crippen LogP contribution in [0.15, 0.2) is 30.5 Å². The number of hydrogen-bond donors (Lipinski definition) is 0. The van der Waals surface area contributed by atoms with Gasteiger partial charge in [-0.25, -0.2) is 0 Å². The van der Waals surface area contributed by atoms with Gasteiger partial charge < -0.3 is 9.47 Å². The van der Waals surface area contributed by atoms with E-state index in [-0.39, 0.29) is 11.4 Å². The first-order chi connectivity index (χ1) is 10.6. The van der Waals surface area contributed by atoms with Crippen molar-refractivity contribution in [3.63, 3.8) is 0 Å². The normalized spacial score (nSPS) is 9.86. The number of hydrogen-bond acceptors (Lipinski definition) is 6. The van der Waals surface area contributed by atoms with Gasteiger partial charge in [-0.3, -0.25) is 15.1 Å². The first kappa shape index (κ1) is 15.3. The van der Waals surface area contributed by atoms with Crippen molar-refractivity contribution in [2.24, 2.45) is 0 Å². The number of rotatable bonds is 5. The second-order valence-corrected chi connectivity index (χ2v) is 4.25. The van der Waals surface area contributed by atoms with Gasteiger partial charge in [0.15, 0.2) is 11.5 Å². The molecule has 0 saturated carbocycles. The van der Waals surface area contributed by atoms with Gasteiger partial charge in [0, 0.05) is 11.6 Å². The maximum atomic E-state index is 11.1. The summed E-state index contributed by atoms with van der Waals surface area (Å²) in [6.45, 7) is 2.23. The van der Waals surface area contributed by atoms with Crippen molar-refractivity contribution in [2.45, 2.75) is 6.92 Å². The number of pyridine rings is 1. The van der Waals surface area contributed by atoms with Crippen molar-refractivity contribution in [2.75, 3.05) is 13.7 Å². The summed E-state index contributed by atoms with van der Waals surface area (Å²) in [5, 5.41) is 20.2. The van der Waals surface area contributed by atoms with E-state index in [9.17, 15) is 10.1 Å². The molecule has 1 heterocycles. The van der Waals surface area contributed by atoms with Crippen LogP contribution in [0.4, 0.5) is 5.69 Å². The molecule has 2 aromatic rings. The third-order valence-corrected chi connectivity index (χ3v) is 2.96. The van der Waals surface area contributed by atoms with E-state index in [1.54, 1.807) is 6.07 Å². The number of nitro benzene ring substituents is 1. The predicted molar refractivity (Wildman–Crippen MR) is 78.8 cm³/mol. The molecule has 0 amide bonds. The van der Waals surface area contributed by atoms with E-state index in [2.05, 4.69) is 4.98 Å². The Hall–Kier alpha value is -3.14. The van der Waals surface area contributed by atoms with Crippen LogP contribution >= 0.6 is 0 Å². The smallest absolute Gasteiger partial charge is 0.311 e. The fourth-order valence-corrected chi connectivity index (χ4v) is 1.95. The number of nitriles is 1. The van der Waals surface area contributed by atoms with Gasteiger partial charge in [0.25, 0.3) is 0 Å². The second kappa shape index (κ2) is 6.54. The number of nitro groups is 1. The number of benzene rings is 1. The lowest BCUT2D eigenvalue weighted by atomic mass is 10.1. The van der Waals surface area contributed by atoms with Crippen molar-refractivity contribution >= 4 is 5.69 Å². The van der Waals surface area contributed by atoms with E-state index < -0.39 is 4.92 Å². The van der Waals surface area contributed by atoms with Crippen LogP contribution in [0.2, 0.25) is 0 Å². The van der Waals surface area contributed by atoms with Gasteiger partial charge in [0.05, 0.1) is 36.1 Å². The highest BCUT2D eigenvalue weighted by Crippen LogP contribution is 2.32. The van der Waals surface area contributed by atoms with Crippen LogP contribution in [0.1, 0.15) is 12.5 Å². The molecule has 0 atom stereocenters. The molecule has 1 aromatic carbocycles. The highest BCUT2D eigenvalue weighted by molar-refractivity contribution is 5.68. The van der Waals surface area contributed by atoms with Crippen LogP contribution < -0.4 is 9.47 Å². The Labute approximate surface area is 126 Å². The molecule has 22 heavy (non-hydrogen) atoms. The number of ether oxygens (including phenoxy) is 2. The molecule has 0 saturated heterocycles. The summed E-state index contributed by atoms with van der Waals surface area (Å²) in [7, 11) is 1.37. The van der Waals surface area contributed by atoms with Crippen LogP contribution in [0.3, 0.4) is 0 Å². The summed E-state index contributed by atoms with van der Waals surface area (Å²) in [6, 6.07) is 8.08. The van der Waals surface area contributed by atoms with Gasteiger partial charge in [-0.1, -0.05) is 0 Å². The molecule has 112 valence electrons. The quantitative estimate of drug-likeness (QED) is 0.621. The van der Waals surface area contributed by atoms with E-state index in [1.165, 1.54) is 31.5 Å². The molecule has 2 rings (SSSR count). The molecule has 7 nitrogen and oxygen atoms in total. The first-order valence-electron chi connectivity index (χ1n) is 6.46. The summed E-state index contributed by atoms with van der Waals surface area (Å²) >= 11 is 0. The average molecular weight is 299 g/mol. The van der Waals surface area contributed by atoms with Crippen molar-refractivity contribution in [3.8, 4) is 28.8 Å². The van der Waals surface area contributed by atoms with E-state index in [1.807, 2.05) is 13.0 Å². The molecule has 0 spiro atoms. The van der Waals surface area contributed by atoms with Gasteiger partial charge in [0.1, 0.15) is 6.07 Å². The summed E-state index contributed by atoms with van der Waals surface area (Å²) < 4.78 is 10.3. The van der Waals surface area contributed by atoms with Gasteiger partial charge in [-0.2, -0.15) is 5.26 Å². The zero-order valence-electron chi connectivity index (χ0n) is 12.1. The average Bonchev–Trinajstić information content (AvgIpc) is 2.54. The van der Waals surface area contributed by atoms with E-state index >= 15 is 0 Å². The van der Waals surface area contributed by atoms with E-state index in [0.717, 1.165) is 0 Å². The van der Waals surface area contributed by atoms with Crippen molar-refractivity contribution in [1.29, 1.82) is 5.26 Å². The predicted octanol–water partition coefficient (Wildman–Crippen LogP) is 2.94. The van der Waals surface area contributed by atoms with Crippen LogP contribution in [-0.2, 0) is 0 Å². The van der Waals surface area contributed by atoms with Crippen molar-refractivity contribution in [1.82, 2.24) is 4.98 Å². The largest absolute Gasteiger partial charge is 0.491 e. The molecule has 0 fully saturated rings. The van der Waals surface area contributed by atoms with E-state index in [0.29, 0.717) is 29.2 Å². The summed E-state index contributed by atoms with van der Waals surface area (Å²) in [4.78, 5) is 14.7. The van der Waals surface area contributed by atoms with Gasteiger partial charge in [-0.05, 0) is 25.1 Å². The van der Waals surface area contributed by atoms with Crippen LogP contribution in [0.5, 0.6) is 11.5 Å². The van der Waals surface area contributed by atoms with Crippen molar-refractivity contribution < 1.29 is 14.4 Å². The first-order valence-corrected chi connectivity index (χ1v) is 6.46. The molecular weight excluding hydrogens is 286 g/mol. The van der Waals surface area contributed by atoms with Crippen LogP contribution in [0.25, 0.3) is 11.3 Å². The zero-order chi connectivity index (χ0) is 16.1. The fourth-order valence-electron chi connectivity index (χ4n) is 1.95. The Bertz CT molecular complexity index is 753. The SMILES string of the molecule is CCOc1cnc(-c2ccc(OC)c([N+](=O)[O-])c2)cc1C#N. The highest BCUT2D eigenvalue weighted by atomic mass is 16.6. The molecule has 1 aromatic heterocycles. The van der Waals surface area contributed by atoms with Crippen molar-refractivity contribution in [3.05, 3.63) is 46.1 Å². The lowest BCUT2D eigenvalue weighted by Gasteiger charge is -2.08. The monoisotopic (exact) mass is 299 g/mol. The highest BCUT2D eigenvalue weighted by Gasteiger charge is 2.17. The maximum absolute atomic E-state index is 11.1. The zero-order valence-corrected chi connectivity index (χ0v) is 12.1. The number of nitrogens with zero attached hydrogens (tertiary/aromatic N) is 3. The Morgan fingerprint density at radius 1 is 1.36 bits per heavy atom.